The maximum absolute atomic E-state index is 5.54. The minimum Gasteiger partial charge on any atom is -0.327 e. The van der Waals surface area contributed by atoms with E-state index in [2.05, 4.69) is 87.6 Å². The van der Waals surface area contributed by atoms with Gasteiger partial charge in [0.15, 0.2) is 0 Å². The van der Waals surface area contributed by atoms with Crippen LogP contribution in [0.25, 0.3) is 5.57 Å². The third-order valence-corrected chi connectivity index (χ3v) is 3.98. The quantitative estimate of drug-likeness (QED) is 0.549. The van der Waals surface area contributed by atoms with E-state index >= 15 is 0 Å². The van der Waals surface area contributed by atoms with Crippen LogP contribution in [0.3, 0.4) is 0 Å². The van der Waals surface area contributed by atoms with Gasteiger partial charge in [-0.1, -0.05) is 104 Å². The van der Waals surface area contributed by atoms with Crippen LogP contribution in [0.4, 0.5) is 0 Å². The van der Waals surface area contributed by atoms with E-state index in [4.69, 9.17) is 5.73 Å². The fraction of sp³-hybridized carbons (Fsp3) is 0.360. The molecular formula is C25H35N. The van der Waals surface area contributed by atoms with E-state index in [0.29, 0.717) is 6.54 Å². The van der Waals surface area contributed by atoms with Gasteiger partial charge in [-0.25, -0.2) is 0 Å². The molecule has 1 aromatic rings. The standard InChI is InChI=1S/C22H27N.C3H8/c1-19(17-18-23)9-8-14-22(21-12-6-3-7-13-21)16-15-20-10-4-2-5-11-20;1-3-2/h3,6-10,12-17H,2,4-5,11,18,23H2,1H3;3H2,1-2H3/b9-8+,16-15+,19-17+,22-14-;. The van der Waals surface area contributed by atoms with Crippen LogP contribution >= 0.6 is 0 Å². The maximum atomic E-state index is 5.54. The highest BCUT2D eigenvalue weighted by molar-refractivity contribution is 5.75. The molecule has 2 rings (SSSR count). The topological polar surface area (TPSA) is 26.0 Å². The molecular weight excluding hydrogens is 314 g/mol. The Balaban J connectivity index is 0.00000105. The largest absolute Gasteiger partial charge is 0.327 e. The molecule has 0 unspecified atom stereocenters. The van der Waals surface area contributed by atoms with Gasteiger partial charge in [-0.2, -0.15) is 0 Å². The van der Waals surface area contributed by atoms with Crippen molar-refractivity contribution in [2.24, 2.45) is 5.73 Å². The van der Waals surface area contributed by atoms with Crippen LogP contribution in [0.5, 0.6) is 0 Å². The molecule has 0 atom stereocenters. The highest BCUT2D eigenvalue weighted by Gasteiger charge is 2.01. The van der Waals surface area contributed by atoms with E-state index in [9.17, 15) is 0 Å². The van der Waals surface area contributed by atoms with Gasteiger partial charge < -0.3 is 5.73 Å². The average molecular weight is 350 g/mol. The molecule has 0 saturated heterocycles. The molecule has 0 saturated carbocycles. The first-order valence-corrected chi connectivity index (χ1v) is 9.89. The third-order valence-electron chi connectivity index (χ3n) is 3.98. The van der Waals surface area contributed by atoms with E-state index in [1.807, 2.05) is 6.08 Å². The summed E-state index contributed by atoms with van der Waals surface area (Å²) in [5.41, 5.74) is 10.7. The van der Waals surface area contributed by atoms with E-state index in [-0.39, 0.29) is 0 Å². The maximum Gasteiger partial charge on any atom is 0.0112 e. The Morgan fingerprint density at radius 1 is 1.08 bits per heavy atom. The third kappa shape index (κ3) is 9.39. The molecule has 0 heterocycles. The Hall–Kier alpha value is -2.12. The summed E-state index contributed by atoms with van der Waals surface area (Å²) in [7, 11) is 0. The van der Waals surface area contributed by atoms with Gasteiger partial charge in [-0.15, -0.1) is 0 Å². The molecule has 0 radical (unpaired) electrons. The van der Waals surface area contributed by atoms with E-state index in [1.165, 1.54) is 54.4 Å². The molecule has 1 heteroatoms. The lowest BCUT2D eigenvalue weighted by Gasteiger charge is -2.09. The molecule has 1 aliphatic carbocycles. The van der Waals surface area contributed by atoms with Gasteiger partial charge in [0.2, 0.25) is 0 Å². The molecule has 26 heavy (non-hydrogen) atoms. The number of rotatable bonds is 6. The average Bonchev–Trinajstić information content (AvgIpc) is 2.67. The van der Waals surface area contributed by atoms with Crippen LogP contribution in [0.15, 0.2) is 84.0 Å². The number of benzene rings is 1. The van der Waals surface area contributed by atoms with Crippen LogP contribution in [0.1, 0.15) is 58.4 Å². The zero-order valence-corrected chi connectivity index (χ0v) is 16.7. The van der Waals surface area contributed by atoms with Crippen molar-refractivity contribution in [2.45, 2.75) is 52.9 Å². The van der Waals surface area contributed by atoms with E-state index in [1.54, 1.807) is 0 Å². The lowest BCUT2D eigenvalue weighted by molar-refractivity contribution is 0.712. The number of nitrogens with two attached hydrogens (primary N) is 1. The minimum atomic E-state index is 0.583. The van der Waals surface area contributed by atoms with Gasteiger partial charge in [0.05, 0.1) is 0 Å². The summed E-state index contributed by atoms with van der Waals surface area (Å²) in [6.07, 6.45) is 21.6. The van der Waals surface area contributed by atoms with Crippen molar-refractivity contribution in [2.75, 3.05) is 6.54 Å². The van der Waals surface area contributed by atoms with Gasteiger partial charge in [-0.3, -0.25) is 0 Å². The molecule has 0 bridgehead atoms. The van der Waals surface area contributed by atoms with Crippen molar-refractivity contribution in [3.05, 3.63) is 89.6 Å². The normalized spacial score (nSPS) is 15.8. The van der Waals surface area contributed by atoms with Gasteiger partial charge in [-0.05, 0) is 43.7 Å². The Kier molecular flexibility index (Phi) is 11.9. The van der Waals surface area contributed by atoms with E-state index < -0.39 is 0 Å². The van der Waals surface area contributed by atoms with Crippen LogP contribution in [0.2, 0.25) is 0 Å². The molecule has 2 N–H and O–H groups in total. The first kappa shape index (κ1) is 21.9. The monoisotopic (exact) mass is 349 g/mol. The van der Waals surface area contributed by atoms with Crippen LogP contribution in [0, 0.1) is 0 Å². The van der Waals surface area contributed by atoms with Gasteiger partial charge in [0.25, 0.3) is 0 Å². The van der Waals surface area contributed by atoms with Gasteiger partial charge in [0, 0.05) is 6.54 Å². The molecule has 1 aromatic carbocycles. The highest BCUT2D eigenvalue weighted by atomic mass is 14.5. The summed E-state index contributed by atoms with van der Waals surface area (Å²) in [4.78, 5) is 0. The number of allylic oxidation sites excluding steroid dienone is 9. The Bertz CT molecular complexity index is 642. The van der Waals surface area contributed by atoms with Crippen molar-refractivity contribution in [3.63, 3.8) is 0 Å². The second kappa shape index (κ2) is 14.1. The van der Waals surface area contributed by atoms with Gasteiger partial charge >= 0.3 is 0 Å². The van der Waals surface area contributed by atoms with Crippen LogP contribution in [-0.2, 0) is 0 Å². The SMILES string of the molecule is CC(/C=C/C=C(/C=C/C1=CCCCC1)c1ccccc1)=C\CN.CCC. The Morgan fingerprint density at radius 3 is 2.42 bits per heavy atom. The molecule has 1 nitrogen and oxygen atoms in total. The fourth-order valence-electron chi connectivity index (χ4n) is 2.65. The minimum absolute atomic E-state index is 0.583. The summed E-state index contributed by atoms with van der Waals surface area (Å²) in [5.74, 6) is 0. The van der Waals surface area contributed by atoms with Crippen LogP contribution in [-0.4, -0.2) is 6.54 Å². The lowest BCUT2D eigenvalue weighted by Crippen LogP contribution is -1.93. The zero-order valence-electron chi connectivity index (χ0n) is 16.7. The number of hydrogen-bond acceptors (Lipinski definition) is 1. The lowest BCUT2D eigenvalue weighted by atomic mass is 9.97. The predicted octanol–water partition coefficient (Wildman–Crippen LogP) is 7.00. The van der Waals surface area contributed by atoms with Crippen molar-refractivity contribution < 1.29 is 0 Å². The molecule has 140 valence electrons. The first-order chi connectivity index (χ1) is 12.7. The van der Waals surface area contributed by atoms with Crippen molar-refractivity contribution in [1.82, 2.24) is 0 Å². The van der Waals surface area contributed by atoms with Crippen molar-refractivity contribution in [1.29, 1.82) is 0 Å². The summed E-state index contributed by atoms with van der Waals surface area (Å²) in [5, 5.41) is 0. The fourth-order valence-corrected chi connectivity index (χ4v) is 2.65. The smallest absolute Gasteiger partial charge is 0.0112 e. The van der Waals surface area contributed by atoms with E-state index in [0.717, 1.165) is 0 Å². The summed E-state index contributed by atoms with van der Waals surface area (Å²) in [6, 6.07) is 10.5. The molecule has 0 aromatic heterocycles. The second-order valence-electron chi connectivity index (χ2n) is 6.60. The molecule has 0 spiro atoms. The second-order valence-corrected chi connectivity index (χ2v) is 6.60. The Labute approximate surface area is 160 Å². The molecule has 0 amide bonds. The van der Waals surface area contributed by atoms with Crippen molar-refractivity contribution >= 4 is 5.57 Å². The zero-order chi connectivity index (χ0) is 19.0. The molecule has 1 aliphatic rings. The summed E-state index contributed by atoms with van der Waals surface area (Å²) >= 11 is 0. The van der Waals surface area contributed by atoms with Crippen molar-refractivity contribution in [3.8, 4) is 0 Å². The predicted molar refractivity (Wildman–Crippen MR) is 118 cm³/mol. The number of hydrogen-bond donors (Lipinski definition) is 1. The highest BCUT2D eigenvalue weighted by Crippen LogP contribution is 2.21. The summed E-state index contributed by atoms with van der Waals surface area (Å²) in [6.45, 7) is 6.90. The molecule has 0 fully saturated rings. The Morgan fingerprint density at radius 2 is 1.81 bits per heavy atom. The van der Waals surface area contributed by atoms with Crippen LogP contribution < -0.4 is 5.73 Å². The first-order valence-electron chi connectivity index (χ1n) is 9.89. The summed E-state index contributed by atoms with van der Waals surface area (Å²) < 4.78 is 0. The van der Waals surface area contributed by atoms with Gasteiger partial charge in [0.1, 0.15) is 0 Å². The molecule has 0 aliphatic heterocycles.